The standard InChI is InChI=1S/C15H7Cl4NO2/c16-11-9(7-20)12(17)14(19)15(13(11)18)22-10(21)6-8-4-2-1-3-5-8/h1-5H,6H2. The Bertz CT molecular complexity index is 740. The van der Waals surface area contributed by atoms with Gasteiger partial charge in [-0.3, -0.25) is 4.79 Å². The molecular weight excluding hydrogens is 368 g/mol. The van der Waals surface area contributed by atoms with Gasteiger partial charge in [-0.05, 0) is 5.56 Å². The maximum atomic E-state index is 12.0. The third-order valence-corrected chi connectivity index (χ3v) is 4.41. The minimum absolute atomic E-state index is 0.0305. The van der Waals surface area contributed by atoms with Crippen LogP contribution < -0.4 is 4.74 Å². The second-order valence-corrected chi connectivity index (χ2v) is 5.72. The molecule has 0 heterocycles. The lowest BCUT2D eigenvalue weighted by Crippen LogP contribution is -2.12. The fourth-order valence-electron chi connectivity index (χ4n) is 1.71. The summed E-state index contributed by atoms with van der Waals surface area (Å²) in [5, 5.41) is 8.49. The fraction of sp³-hybridized carbons (Fsp3) is 0.0667. The molecule has 2 rings (SSSR count). The molecule has 2 aromatic carbocycles. The first-order chi connectivity index (χ1) is 10.5. The van der Waals surface area contributed by atoms with Crippen LogP contribution in [0, 0.1) is 11.3 Å². The monoisotopic (exact) mass is 373 g/mol. The van der Waals surface area contributed by atoms with Gasteiger partial charge >= 0.3 is 5.97 Å². The van der Waals surface area contributed by atoms with E-state index in [0.717, 1.165) is 5.56 Å². The molecule has 0 amide bonds. The molecule has 0 fully saturated rings. The highest BCUT2D eigenvalue weighted by molar-refractivity contribution is 6.50. The van der Waals surface area contributed by atoms with Gasteiger partial charge in [-0.2, -0.15) is 5.26 Å². The maximum Gasteiger partial charge on any atom is 0.315 e. The van der Waals surface area contributed by atoms with Crippen LogP contribution in [0.2, 0.25) is 20.1 Å². The number of hydrogen-bond donors (Lipinski definition) is 0. The largest absolute Gasteiger partial charge is 0.423 e. The van der Waals surface area contributed by atoms with E-state index < -0.39 is 5.97 Å². The molecule has 0 aliphatic heterocycles. The van der Waals surface area contributed by atoms with Crippen LogP contribution in [0.25, 0.3) is 0 Å². The average Bonchev–Trinajstić information content (AvgIpc) is 2.51. The van der Waals surface area contributed by atoms with Crippen LogP contribution >= 0.6 is 46.4 Å². The second kappa shape index (κ2) is 7.21. The first-order valence-corrected chi connectivity index (χ1v) is 7.47. The van der Waals surface area contributed by atoms with Crippen molar-refractivity contribution in [3.05, 3.63) is 61.5 Å². The van der Waals surface area contributed by atoms with Gasteiger partial charge in [-0.25, -0.2) is 0 Å². The predicted molar refractivity (Wildman–Crippen MR) is 87.0 cm³/mol. The normalized spacial score (nSPS) is 10.1. The summed E-state index contributed by atoms with van der Waals surface area (Å²) in [6, 6.07) is 10.8. The summed E-state index contributed by atoms with van der Waals surface area (Å²) in [4.78, 5) is 12.0. The molecule has 0 saturated carbocycles. The van der Waals surface area contributed by atoms with Gasteiger partial charge in [0.1, 0.15) is 16.1 Å². The van der Waals surface area contributed by atoms with Crippen LogP contribution in [0.1, 0.15) is 11.1 Å². The van der Waals surface area contributed by atoms with Crippen molar-refractivity contribution in [2.75, 3.05) is 0 Å². The highest BCUT2D eigenvalue weighted by Gasteiger charge is 2.23. The van der Waals surface area contributed by atoms with Crippen LogP contribution in [0.3, 0.4) is 0 Å². The van der Waals surface area contributed by atoms with E-state index >= 15 is 0 Å². The van der Waals surface area contributed by atoms with E-state index in [1.807, 2.05) is 6.07 Å². The minimum Gasteiger partial charge on any atom is -0.423 e. The van der Waals surface area contributed by atoms with Gasteiger partial charge in [0.05, 0.1) is 22.0 Å². The van der Waals surface area contributed by atoms with E-state index in [0.29, 0.717) is 0 Å². The molecule has 0 atom stereocenters. The molecule has 112 valence electrons. The third-order valence-electron chi connectivity index (χ3n) is 2.74. The number of nitrogens with zero attached hydrogens (tertiary/aromatic N) is 1. The van der Waals surface area contributed by atoms with Crippen molar-refractivity contribution in [2.24, 2.45) is 0 Å². The lowest BCUT2D eigenvalue weighted by Gasteiger charge is -2.12. The molecule has 0 aliphatic rings. The molecule has 0 aromatic heterocycles. The number of ether oxygens (including phenoxy) is 1. The Kier molecular flexibility index (Phi) is 5.55. The van der Waals surface area contributed by atoms with Gasteiger partial charge in [-0.15, -0.1) is 0 Å². The van der Waals surface area contributed by atoms with Gasteiger partial charge in [0.2, 0.25) is 0 Å². The highest BCUT2D eigenvalue weighted by atomic mass is 35.5. The molecule has 22 heavy (non-hydrogen) atoms. The SMILES string of the molecule is N#Cc1c(Cl)c(Cl)c(OC(=O)Cc2ccccc2)c(Cl)c1Cl. The minimum atomic E-state index is -0.577. The number of esters is 1. The van der Waals surface area contributed by atoms with Crippen LogP contribution in [0.4, 0.5) is 0 Å². The Morgan fingerprint density at radius 1 is 1.00 bits per heavy atom. The summed E-state index contributed by atoms with van der Waals surface area (Å²) >= 11 is 23.9. The quantitative estimate of drug-likeness (QED) is 0.415. The molecule has 0 spiro atoms. The Hall–Kier alpha value is -1.44. The smallest absolute Gasteiger partial charge is 0.315 e. The second-order valence-electron chi connectivity index (χ2n) is 4.21. The van der Waals surface area contributed by atoms with Crippen molar-refractivity contribution in [2.45, 2.75) is 6.42 Å². The van der Waals surface area contributed by atoms with Crippen molar-refractivity contribution >= 4 is 52.4 Å². The lowest BCUT2D eigenvalue weighted by molar-refractivity contribution is -0.133. The molecule has 0 saturated heterocycles. The van der Waals surface area contributed by atoms with Crippen LogP contribution in [-0.2, 0) is 11.2 Å². The average molecular weight is 375 g/mol. The van der Waals surface area contributed by atoms with E-state index in [1.165, 1.54) is 0 Å². The summed E-state index contributed by atoms with van der Waals surface area (Å²) in [6.07, 6.45) is 0.0305. The van der Waals surface area contributed by atoms with E-state index in [1.54, 1.807) is 30.3 Å². The van der Waals surface area contributed by atoms with Gasteiger partial charge in [0, 0.05) is 0 Å². The van der Waals surface area contributed by atoms with Crippen molar-refractivity contribution in [3.8, 4) is 11.8 Å². The molecule has 0 radical (unpaired) electrons. The number of nitriles is 1. The number of hydrogen-bond acceptors (Lipinski definition) is 3. The molecule has 7 heteroatoms. The van der Waals surface area contributed by atoms with E-state index in [2.05, 4.69) is 0 Å². The molecular formula is C15H7Cl4NO2. The molecule has 0 bridgehead atoms. The van der Waals surface area contributed by atoms with E-state index in [9.17, 15) is 4.79 Å². The molecule has 0 unspecified atom stereocenters. The number of carbonyl (C=O) groups is 1. The van der Waals surface area contributed by atoms with E-state index in [4.69, 9.17) is 56.4 Å². The van der Waals surface area contributed by atoms with E-state index in [-0.39, 0.29) is 37.8 Å². The van der Waals surface area contributed by atoms with Crippen molar-refractivity contribution in [1.82, 2.24) is 0 Å². The Balaban J connectivity index is 2.31. The maximum absolute atomic E-state index is 12.0. The van der Waals surface area contributed by atoms with Crippen molar-refractivity contribution in [1.29, 1.82) is 5.26 Å². The summed E-state index contributed by atoms with van der Waals surface area (Å²) in [5.41, 5.74) is 0.701. The number of carbonyl (C=O) groups excluding carboxylic acids is 1. The van der Waals surface area contributed by atoms with Crippen LogP contribution in [-0.4, -0.2) is 5.97 Å². The van der Waals surface area contributed by atoms with Gasteiger partial charge in [0.25, 0.3) is 0 Å². The molecule has 0 N–H and O–H groups in total. The summed E-state index contributed by atoms with van der Waals surface area (Å²) in [5.74, 6) is -0.731. The zero-order chi connectivity index (χ0) is 16.3. The number of rotatable bonds is 3. The number of benzene rings is 2. The van der Waals surface area contributed by atoms with Gasteiger partial charge in [-0.1, -0.05) is 76.7 Å². The third kappa shape index (κ3) is 3.48. The van der Waals surface area contributed by atoms with Gasteiger partial charge in [0.15, 0.2) is 5.75 Å². The first kappa shape index (κ1) is 16.9. The Morgan fingerprint density at radius 2 is 1.55 bits per heavy atom. The summed E-state index contributed by atoms with van der Waals surface area (Å²) in [7, 11) is 0. The van der Waals surface area contributed by atoms with Gasteiger partial charge < -0.3 is 4.74 Å². The fourth-order valence-corrected chi connectivity index (χ4v) is 2.71. The van der Waals surface area contributed by atoms with Crippen LogP contribution in [0.5, 0.6) is 5.75 Å². The predicted octanol–water partition coefficient (Wildman–Crippen LogP) is 5.32. The zero-order valence-electron chi connectivity index (χ0n) is 10.9. The number of halogens is 4. The Morgan fingerprint density at radius 3 is 2.05 bits per heavy atom. The molecule has 2 aromatic rings. The molecule has 0 aliphatic carbocycles. The lowest BCUT2D eigenvalue weighted by atomic mass is 10.1. The summed E-state index contributed by atoms with van der Waals surface area (Å²) in [6.45, 7) is 0. The van der Waals surface area contributed by atoms with Crippen LogP contribution in [0.15, 0.2) is 30.3 Å². The zero-order valence-corrected chi connectivity index (χ0v) is 13.9. The first-order valence-electron chi connectivity index (χ1n) is 5.96. The molecule has 3 nitrogen and oxygen atoms in total. The Labute approximate surface area is 146 Å². The topological polar surface area (TPSA) is 50.1 Å². The highest BCUT2D eigenvalue weighted by Crippen LogP contribution is 2.45. The summed E-state index contributed by atoms with van der Waals surface area (Å²) < 4.78 is 5.16. The van der Waals surface area contributed by atoms with Crippen molar-refractivity contribution < 1.29 is 9.53 Å². The van der Waals surface area contributed by atoms with Crippen molar-refractivity contribution in [3.63, 3.8) is 0 Å².